The van der Waals surface area contributed by atoms with Gasteiger partial charge in [0.05, 0.1) is 24.6 Å². The number of ether oxygens (including phenoxy) is 1. The molecule has 0 fully saturated rings. The number of hydrogen-bond acceptors (Lipinski definition) is 5. The van der Waals surface area contributed by atoms with Gasteiger partial charge >= 0.3 is 5.97 Å². The zero-order valence-electron chi connectivity index (χ0n) is 10.1. The smallest absolute Gasteiger partial charge is 0.356 e. The summed E-state index contributed by atoms with van der Waals surface area (Å²) < 4.78 is 6.25. The fourth-order valence-electron chi connectivity index (χ4n) is 1.64. The highest BCUT2D eigenvalue weighted by Gasteiger charge is 2.12. The number of nitro benzene ring substituents is 1. The SMILES string of the molecule is COC(=O)c1cncn1Cc1ccc([N+](=O)[O-])cc1. The molecule has 0 spiro atoms. The van der Waals surface area contributed by atoms with E-state index in [9.17, 15) is 14.9 Å². The normalized spacial score (nSPS) is 10.2. The zero-order valence-corrected chi connectivity index (χ0v) is 10.1. The van der Waals surface area contributed by atoms with E-state index in [1.165, 1.54) is 31.8 Å². The lowest BCUT2D eigenvalue weighted by Gasteiger charge is -2.06. The van der Waals surface area contributed by atoms with Crippen LogP contribution in [-0.2, 0) is 11.3 Å². The van der Waals surface area contributed by atoms with Gasteiger partial charge in [0.15, 0.2) is 0 Å². The highest BCUT2D eigenvalue weighted by Crippen LogP contribution is 2.13. The molecule has 0 aliphatic carbocycles. The summed E-state index contributed by atoms with van der Waals surface area (Å²) in [5.74, 6) is -0.473. The van der Waals surface area contributed by atoms with Gasteiger partial charge in [0.25, 0.3) is 5.69 Å². The summed E-state index contributed by atoms with van der Waals surface area (Å²) in [5, 5.41) is 10.5. The van der Waals surface area contributed by atoms with Crippen LogP contribution in [0.4, 0.5) is 5.69 Å². The summed E-state index contributed by atoms with van der Waals surface area (Å²) in [7, 11) is 1.30. The maximum Gasteiger partial charge on any atom is 0.356 e. The number of methoxy groups -OCH3 is 1. The van der Waals surface area contributed by atoms with Crippen molar-refractivity contribution in [3.05, 3.63) is 58.2 Å². The van der Waals surface area contributed by atoms with Crippen molar-refractivity contribution in [2.45, 2.75) is 6.54 Å². The first-order valence-corrected chi connectivity index (χ1v) is 5.43. The first-order valence-electron chi connectivity index (χ1n) is 5.43. The number of rotatable bonds is 4. The number of benzene rings is 1. The maximum atomic E-state index is 11.5. The van der Waals surface area contributed by atoms with E-state index >= 15 is 0 Å². The fraction of sp³-hybridized carbons (Fsp3) is 0.167. The highest BCUT2D eigenvalue weighted by atomic mass is 16.6. The summed E-state index contributed by atoms with van der Waals surface area (Å²) in [5.41, 5.74) is 1.19. The average Bonchev–Trinajstić information content (AvgIpc) is 2.86. The third kappa shape index (κ3) is 2.76. The van der Waals surface area contributed by atoms with Crippen LogP contribution in [0.3, 0.4) is 0 Å². The van der Waals surface area contributed by atoms with Crippen molar-refractivity contribution in [2.75, 3.05) is 7.11 Å². The zero-order chi connectivity index (χ0) is 13.8. The number of nitro groups is 1. The largest absolute Gasteiger partial charge is 0.464 e. The van der Waals surface area contributed by atoms with Gasteiger partial charge in [0.1, 0.15) is 5.69 Å². The Morgan fingerprint density at radius 1 is 1.42 bits per heavy atom. The maximum absolute atomic E-state index is 11.5. The summed E-state index contributed by atoms with van der Waals surface area (Å²) >= 11 is 0. The molecule has 0 aliphatic rings. The third-order valence-corrected chi connectivity index (χ3v) is 2.61. The number of carbonyl (C=O) groups excluding carboxylic acids is 1. The molecule has 0 N–H and O–H groups in total. The molecule has 1 heterocycles. The van der Waals surface area contributed by atoms with E-state index < -0.39 is 10.9 Å². The number of non-ortho nitro benzene ring substituents is 1. The molecular weight excluding hydrogens is 250 g/mol. The van der Waals surface area contributed by atoms with Crippen molar-refractivity contribution in [1.29, 1.82) is 0 Å². The van der Waals surface area contributed by atoms with Gasteiger partial charge in [-0.15, -0.1) is 0 Å². The van der Waals surface area contributed by atoms with E-state index in [4.69, 9.17) is 0 Å². The standard InChI is InChI=1S/C12H11N3O4/c1-19-12(16)11-6-13-8-14(11)7-9-2-4-10(5-3-9)15(17)18/h2-6,8H,7H2,1H3. The van der Waals surface area contributed by atoms with E-state index in [-0.39, 0.29) is 5.69 Å². The van der Waals surface area contributed by atoms with Gasteiger partial charge in [-0.1, -0.05) is 12.1 Å². The second-order valence-corrected chi connectivity index (χ2v) is 3.82. The molecule has 0 radical (unpaired) electrons. The second kappa shape index (κ2) is 5.30. The number of esters is 1. The van der Waals surface area contributed by atoms with Crippen LogP contribution in [0.15, 0.2) is 36.8 Å². The molecule has 19 heavy (non-hydrogen) atoms. The lowest BCUT2D eigenvalue weighted by atomic mass is 10.2. The van der Waals surface area contributed by atoms with Crippen molar-refractivity contribution in [3.63, 3.8) is 0 Å². The minimum atomic E-state index is -0.473. The lowest BCUT2D eigenvalue weighted by molar-refractivity contribution is -0.384. The monoisotopic (exact) mass is 261 g/mol. The Hall–Kier alpha value is -2.70. The molecule has 0 saturated carbocycles. The van der Waals surface area contributed by atoms with Gasteiger partial charge in [-0.2, -0.15) is 0 Å². The molecular formula is C12H11N3O4. The first kappa shape index (κ1) is 12.7. The average molecular weight is 261 g/mol. The van der Waals surface area contributed by atoms with Gasteiger partial charge < -0.3 is 9.30 Å². The predicted molar refractivity (Wildman–Crippen MR) is 65.8 cm³/mol. The number of carbonyl (C=O) groups is 1. The van der Waals surface area contributed by atoms with Crippen molar-refractivity contribution in [3.8, 4) is 0 Å². The van der Waals surface area contributed by atoms with Gasteiger partial charge in [-0.05, 0) is 5.56 Å². The quantitative estimate of drug-likeness (QED) is 0.474. The Labute approximate surface area is 108 Å². The second-order valence-electron chi connectivity index (χ2n) is 3.82. The van der Waals surface area contributed by atoms with Crippen LogP contribution in [0.25, 0.3) is 0 Å². The van der Waals surface area contributed by atoms with Crippen LogP contribution < -0.4 is 0 Å². The van der Waals surface area contributed by atoms with Gasteiger partial charge in [-0.3, -0.25) is 10.1 Å². The molecule has 0 unspecified atom stereocenters. The van der Waals surface area contributed by atoms with Gasteiger partial charge in [0.2, 0.25) is 0 Å². The Bertz CT molecular complexity index is 604. The Balaban J connectivity index is 2.19. The Kier molecular flexibility index (Phi) is 3.56. The van der Waals surface area contributed by atoms with Crippen LogP contribution in [0.2, 0.25) is 0 Å². The van der Waals surface area contributed by atoms with E-state index in [1.54, 1.807) is 16.7 Å². The minimum absolute atomic E-state index is 0.0302. The van der Waals surface area contributed by atoms with Crippen LogP contribution >= 0.6 is 0 Å². The fourth-order valence-corrected chi connectivity index (χ4v) is 1.64. The van der Waals surface area contributed by atoms with Crippen molar-refractivity contribution < 1.29 is 14.5 Å². The Morgan fingerprint density at radius 2 is 2.11 bits per heavy atom. The molecule has 7 nitrogen and oxygen atoms in total. The van der Waals surface area contributed by atoms with Gasteiger partial charge in [-0.25, -0.2) is 9.78 Å². The van der Waals surface area contributed by atoms with Crippen LogP contribution in [-0.4, -0.2) is 27.6 Å². The summed E-state index contributed by atoms with van der Waals surface area (Å²) in [6.07, 6.45) is 2.92. The topological polar surface area (TPSA) is 87.3 Å². The lowest BCUT2D eigenvalue weighted by Crippen LogP contribution is -2.10. The molecule has 0 atom stereocenters. The number of hydrogen-bond donors (Lipinski definition) is 0. The molecule has 2 rings (SSSR count). The Morgan fingerprint density at radius 3 is 2.68 bits per heavy atom. The molecule has 7 heteroatoms. The van der Waals surface area contributed by atoms with E-state index in [1.807, 2.05) is 0 Å². The van der Waals surface area contributed by atoms with Crippen LogP contribution in [0.1, 0.15) is 16.1 Å². The molecule has 0 saturated heterocycles. The van der Waals surface area contributed by atoms with E-state index in [0.717, 1.165) is 5.56 Å². The molecule has 98 valence electrons. The summed E-state index contributed by atoms with van der Waals surface area (Å²) in [6.45, 7) is 0.391. The summed E-state index contributed by atoms with van der Waals surface area (Å²) in [6, 6.07) is 6.12. The van der Waals surface area contributed by atoms with Crippen LogP contribution in [0.5, 0.6) is 0 Å². The van der Waals surface area contributed by atoms with Crippen molar-refractivity contribution >= 4 is 11.7 Å². The molecule has 1 aromatic carbocycles. The molecule has 1 aromatic heterocycles. The van der Waals surface area contributed by atoms with Crippen molar-refractivity contribution in [2.24, 2.45) is 0 Å². The van der Waals surface area contributed by atoms with E-state index in [2.05, 4.69) is 9.72 Å². The van der Waals surface area contributed by atoms with Gasteiger partial charge in [0, 0.05) is 18.7 Å². The molecule has 2 aromatic rings. The number of aromatic nitrogens is 2. The van der Waals surface area contributed by atoms with Crippen LogP contribution in [0, 0.1) is 10.1 Å². The molecule has 0 amide bonds. The number of imidazole rings is 1. The molecule has 0 aliphatic heterocycles. The minimum Gasteiger partial charge on any atom is -0.464 e. The number of nitrogens with zero attached hydrogens (tertiary/aromatic N) is 3. The first-order chi connectivity index (χ1) is 9.11. The van der Waals surface area contributed by atoms with E-state index in [0.29, 0.717) is 12.2 Å². The molecule has 0 bridgehead atoms. The predicted octanol–water partition coefficient (Wildman–Crippen LogP) is 1.63. The van der Waals surface area contributed by atoms with Crippen molar-refractivity contribution in [1.82, 2.24) is 9.55 Å². The summed E-state index contributed by atoms with van der Waals surface area (Å²) in [4.78, 5) is 25.4. The highest BCUT2D eigenvalue weighted by molar-refractivity contribution is 5.87. The third-order valence-electron chi connectivity index (χ3n) is 2.61.